The number of carbonyl (C=O) groups is 1. The molecular weight excluding hydrogens is 298 g/mol. The van der Waals surface area contributed by atoms with Gasteiger partial charge in [0.05, 0.1) is 23.1 Å². The van der Waals surface area contributed by atoms with Crippen molar-refractivity contribution < 1.29 is 14.3 Å². The molecule has 0 aliphatic carbocycles. The number of furan rings is 1. The van der Waals surface area contributed by atoms with Gasteiger partial charge in [-0.3, -0.25) is 4.79 Å². The van der Waals surface area contributed by atoms with E-state index in [1.165, 1.54) is 17.6 Å². The summed E-state index contributed by atoms with van der Waals surface area (Å²) in [5, 5.41) is 13.0. The molecule has 0 saturated carbocycles. The number of nitrogens with one attached hydrogen (secondary N) is 1. The summed E-state index contributed by atoms with van der Waals surface area (Å²) in [5.41, 5.74) is -1.23. The second kappa shape index (κ2) is 5.99. The molecule has 2 N–H and O–H groups in total. The average Bonchev–Trinajstić information content (AvgIpc) is 3.06. The molecule has 2 aromatic rings. The van der Waals surface area contributed by atoms with Gasteiger partial charge in [0.25, 0.3) is 0 Å². The van der Waals surface area contributed by atoms with Gasteiger partial charge in [0.2, 0.25) is 5.91 Å². The monoisotopic (exact) mass is 313 g/mol. The topological polar surface area (TPSA) is 62.5 Å². The lowest BCUT2D eigenvalue weighted by Gasteiger charge is -2.22. The molecule has 6 heteroatoms. The third-order valence-corrected chi connectivity index (χ3v) is 4.49. The molecule has 0 aliphatic rings. The van der Waals surface area contributed by atoms with E-state index in [0.717, 1.165) is 4.88 Å². The Morgan fingerprint density at radius 3 is 2.85 bits per heavy atom. The Hall–Kier alpha value is -1.30. The van der Waals surface area contributed by atoms with Crippen LogP contribution in [0.1, 0.15) is 30.4 Å². The van der Waals surface area contributed by atoms with Gasteiger partial charge in [0.1, 0.15) is 11.4 Å². The Bertz CT molecular complexity index is 577. The highest BCUT2D eigenvalue weighted by atomic mass is 35.5. The van der Waals surface area contributed by atoms with Gasteiger partial charge in [-0.15, -0.1) is 11.3 Å². The molecule has 2 unspecified atom stereocenters. The van der Waals surface area contributed by atoms with Crippen molar-refractivity contribution in [2.24, 2.45) is 0 Å². The fourth-order valence-electron chi connectivity index (χ4n) is 1.77. The standard InChI is InChI=1S/C14H16ClNO3S/c1-9(10-5-6-12(15)20-10)13(17)16-8-14(2,18)11-4-3-7-19-11/h3-7,9,18H,8H2,1-2H3,(H,16,17). The van der Waals surface area contributed by atoms with E-state index in [1.54, 1.807) is 32.0 Å². The number of carbonyl (C=O) groups excluding carboxylic acids is 1. The maximum Gasteiger partial charge on any atom is 0.228 e. The minimum atomic E-state index is -1.23. The van der Waals surface area contributed by atoms with Crippen LogP contribution in [0.4, 0.5) is 0 Å². The van der Waals surface area contributed by atoms with Gasteiger partial charge in [0, 0.05) is 4.88 Å². The molecule has 0 radical (unpaired) electrons. The van der Waals surface area contributed by atoms with E-state index < -0.39 is 5.60 Å². The second-order valence-corrected chi connectivity index (χ2v) is 6.58. The zero-order chi connectivity index (χ0) is 14.8. The molecule has 0 aliphatic heterocycles. The van der Waals surface area contributed by atoms with E-state index in [0.29, 0.717) is 10.1 Å². The molecule has 2 heterocycles. The summed E-state index contributed by atoms with van der Waals surface area (Å²) in [5.74, 6) is -0.0418. The summed E-state index contributed by atoms with van der Waals surface area (Å²) in [6.45, 7) is 3.49. The molecule has 2 aromatic heterocycles. The number of hydrogen-bond acceptors (Lipinski definition) is 4. The van der Waals surface area contributed by atoms with E-state index in [1.807, 2.05) is 6.07 Å². The summed E-state index contributed by atoms with van der Waals surface area (Å²) in [7, 11) is 0. The smallest absolute Gasteiger partial charge is 0.228 e. The van der Waals surface area contributed by atoms with Gasteiger partial charge in [-0.25, -0.2) is 0 Å². The SMILES string of the molecule is CC(C(=O)NCC(C)(O)c1ccco1)c1ccc(Cl)s1. The lowest BCUT2D eigenvalue weighted by molar-refractivity contribution is -0.123. The van der Waals surface area contributed by atoms with E-state index in [2.05, 4.69) is 5.32 Å². The Labute approximate surface area is 126 Å². The Kier molecular flexibility index (Phi) is 4.52. The fourth-order valence-corrected chi connectivity index (χ4v) is 2.89. The summed E-state index contributed by atoms with van der Waals surface area (Å²) in [4.78, 5) is 13.0. The van der Waals surface area contributed by atoms with Crippen molar-refractivity contribution in [3.63, 3.8) is 0 Å². The largest absolute Gasteiger partial charge is 0.466 e. The predicted molar refractivity (Wildman–Crippen MR) is 79.0 cm³/mol. The Morgan fingerprint density at radius 1 is 1.55 bits per heavy atom. The molecular formula is C14H16ClNO3S. The second-order valence-electron chi connectivity index (χ2n) is 4.83. The number of rotatable bonds is 5. The van der Waals surface area contributed by atoms with E-state index in [-0.39, 0.29) is 18.4 Å². The molecule has 0 fully saturated rings. The number of halogens is 1. The van der Waals surface area contributed by atoms with Crippen molar-refractivity contribution in [1.82, 2.24) is 5.32 Å². The molecule has 0 aromatic carbocycles. The van der Waals surface area contributed by atoms with Crippen LogP contribution in [-0.4, -0.2) is 17.6 Å². The zero-order valence-electron chi connectivity index (χ0n) is 11.2. The van der Waals surface area contributed by atoms with Gasteiger partial charge in [-0.2, -0.15) is 0 Å². The Balaban J connectivity index is 1.95. The van der Waals surface area contributed by atoms with Crippen LogP contribution in [0.15, 0.2) is 34.9 Å². The number of aliphatic hydroxyl groups is 1. The van der Waals surface area contributed by atoms with Crippen molar-refractivity contribution >= 4 is 28.8 Å². The minimum absolute atomic E-state index is 0.0861. The molecule has 2 rings (SSSR count). The quantitative estimate of drug-likeness (QED) is 0.891. The molecule has 0 spiro atoms. The highest BCUT2D eigenvalue weighted by Gasteiger charge is 2.28. The molecule has 0 saturated heterocycles. The molecule has 2 atom stereocenters. The van der Waals surface area contributed by atoms with Gasteiger partial charge in [-0.05, 0) is 38.1 Å². The predicted octanol–water partition coefficient (Wildman–Crippen LogP) is 3.12. The summed E-state index contributed by atoms with van der Waals surface area (Å²) >= 11 is 7.24. The van der Waals surface area contributed by atoms with Crippen LogP contribution in [0.2, 0.25) is 4.34 Å². The van der Waals surface area contributed by atoms with Crippen LogP contribution in [0.25, 0.3) is 0 Å². The van der Waals surface area contributed by atoms with Crippen LogP contribution in [-0.2, 0) is 10.4 Å². The van der Waals surface area contributed by atoms with Gasteiger partial charge < -0.3 is 14.8 Å². The first kappa shape index (κ1) is 15.1. The average molecular weight is 314 g/mol. The number of hydrogen-bond donors (Lipinski definition) is 2. The summed E-state index contributed by atoms with van der Waals surface area (Å²) in [6.07, 6.45) is 1.49. The summed E-state index contributed by atoms with van der Waals surface area (Å²) < 4.78 is 5.82. The van der Waals surface area contributed by atoms with Crippen LogP contribution in [0.5, 0.6) is 0 Å². The molecule has 1 amide bonds. The van der Waals surface area contributed by atoms with Gasteiger partial charge >= 0.3 is 0 Å². The summed E-state index contributed by atoms with van der Waals surface area (Å²) in [6, 6.07) is 6.97. The van der Waals surface area contributed by atoms with Crippen LogP contribution in [0, 0.1) is 0 Å². The molecule has 0 bridgehead atoms. The third kappa shape index (κ3) is 3.42. The third-order valence-electron chi connectivity index (χ3n) is 3.07. The zero-order valence-corrected chi connectivity index (χ0v) is 12.8. The number of thiophene rings is 1. The first-order valence-corrected chi connectivity index (χ1v) is 7.39. The van der Waals surface area contributed by atoms with Crippen molar-refractivity contribution in [2.45, 2.75) is 25.4 Å². The Morgan fingerprint density at radius 2 is 2.30 bits per heavy atom. The van der Waals surface area contributed by atoms with Gasteiger partial charge in [-0.1, -0.05) is 11.6 Å². The molecule has 4 nitrogen and oxygen atoms in total. The first-order chi connectivity index (χ1) is 9.40. The fraction of sp³-hybridized carbons (Fsp3) is 0.357. The minimum Gasteiger partial charge on any atom is -0.466 e. The van der Waals surface area contributed by atoms with Crippen LogP contribution in [0.3, 0.4) is 0 Å². The van der Waals surface area contributed by atoms with Crippen molar-refractivity contribution in [3.8, 4) is 0 Å². The van der Waals surface area contributed by atoms with Crippen molar-refractivity contribution in [3.05, 3.63) is 45.5 Å². The lowest BCUT2D eigenvalue weighted by atomic mass is 10.0. The van der Waals surface area contributed by atoms with Gasteiger partial charge in [0.15, 0.2) is 0 Å². The highest BCUT2D eigenvalue weighted by Crippen LogP contribution is 2.28. The van der Waals surface area contributed by atoms with E-state index >= 15 is 0 Å². The maximum absolute atomic E-state index is 12.1. The normalized spacial score (nSPS) is 15.6. The van der Waals surface area contributed by atoms with E-state index in [9.17, 15) is 9.90 Å². The number of amides is 1. The van der Waals surface area contributed by atoms with Crippen LogP contribution < -0.4 is 5.32 Å². The van der Waals surface area contributed by atoms with E-state index in [4.69, 9.17) is 16.0 Å². The van der Waals surface area contributed by atoms with Crippen molar-refractivity contribution in [1.29, 1.82) is 0 Å². The van der Waals surface area contributed by atoms with Crippen molar-refractivity contribution in [2.75, 3.05) is 6.54 Å². The first-order valence-electron chi connectivity index (χ1n) is 6.19. The maximum atomic E-state index is 12.1. The highest BCUT2D eigenvalue weighted by molar-refractivity contribution is 7.16. The van der Waals surface area contributed by atoms with Crippen LogP contribution >= 0.6 is 22.9 Å². The lowest BCUT2D eigenvalue weighted by Crippen LogP contribution is -2.39. The molecule has 108 valence electrons. The molecule has 20 heavy (non-hydrogen) atoms.